The van der Waals surface area contributed by atoms with Gasteiger partial charge in [-0.3, -0.25) is 0 Å². The Kier molecular flexibility index (Phi) is 2.45. The number of nitrogens with zero attached hydrogens (tertiary/aromatic N) is 2. The fraction of sp³-hybridized carbons (Fsp3) is 0.200. The Bertz CT molecular complexity index is 240. The van der Waals surface area contributed by atoms with Gasteiger partial charge in [0.15, 0.2) is 5.82 Å². The minimum absolute atomic E-state index is 0.380. The first-order valence-electron chi connectivity index (χ1n) is 2.60. The number of nitrogens with one attached hydrogen (secondary N) is 1. The summed E-state index contributed by atoms with van der Waals surface area (Å²) in [6.07, 6.45) is 1.48. The Labute approximate surface area is 72.0 Å². The van der Waals surface area contributed by atoms with E-state index in [4.69, 9.17) is 11.6 Å². The van der Waals surface area contributed by atoms with E-state index in [0.717, 1.165) is 0 Å². The van der Waals surface area contributed by atoms with E-state index in [0.29, 0.717) is 15.6 Å². The van der Waals surface area contributed by atoms with Crippen LogP contribution in [0.1, 0.15) is 0 Å². The molecule has 0 spiro atoms. The summed E-state index contributed by atoms with van der Waals surface area (Å²) in [4.78, 5) is 7.85. The second-order valence-corrected chi connectivity index (χ2v) is 2.72. The lowest BCUT2D eigenvalue weighted by Crippen LogP contribution is -1.94. The van der Waals surface area contributed by atoms with Gasteiger partial charge in [0, 0.05) is 7.05 Å². The van der Waals surface area contributed by atoms with Crippen LogP contribution in [-0.2, 0) is 0 Å². The van der Waals surface area contributed by atoms with Crippen LogP contribution in [0.25, 0.3) is 0 Å². The third-order valence-electron chi connectivity index (χ3n) is 0.937. The number of anilines is 1. The van der Waals surface area contributed by atoms with Gasteiger partial charge in [0.05, 0.1) is 6.20 Å². The summed E-state index contributed by atoms with van der Waals surface area (Å²) in [5.41, 5.74) is 0. The van der Waals surface area contributed by atoms with E-state index in [1.165, 1.54) is 6.20 Å². The highest BCUT2D eigenvalue weighted by Crippen LogP contribution is 2.17. The summed E-state index contributed by atoms with van der Waals surface area (Å²) in [6.45, 7) is 0. The molecule has 1 aromatic rings. The Hall–Kier alpha value is -0.350. The van der Waals surface area contributed by atoms with Crippen LogP contribution in [0.15, 0.2) is 10.8 Å². The van der Waals surface area contributed by atoms with Crippen molar-refractivity contribution in [2.75, 3.05) is 12.4 Å². The molecule has 0 aromatic carbocycles. The van der Waals surface area contributed by atoms with Gasteiger partial charge in [0.1, 0.15) is 9.76 Å². The minimum Gasteiger partial charge on any atom is -0.371 e. The van der Waals surface area contributed by atoms with Crippen molar-refractivity contribution in [3.05, 3.63) is 16.0 Å². The monoisotopic (exact) mass is 221 g/mol. The van der Waals surface area contributed by atoms with Crippen molar-refractivity contribution < 1.29 is 0 Å². The molecule has 0 bridgehead atoms. The Balaban J connectivity index is 3.07. The highest BCUT2D eigenvalue weighted by atomic mass is 79.9. The molecule has 54 valence electrons. The average Bonchev–Trinajstić information content (AvgIpc) is 1.88. The molecule has 1 rings (SSSR count). The molecule has 0 atom stereocenters. The third-order valence-corrected chi connectivity index (χ3v) is 1.67. The quantitative estimate of drug-likeness (QED) is 0.789. The van der Waals surface area contributed by atoms with Crippen molar-refractivity contribution in [1.29, 1.82) is 0 Å². The summed E-state index contributed by atoms with van der Waals surface area (Å²) in [5.74, 6) is 0.685. The van der Waals surface area contributed by atoms with Crippen LogP contribution < -0.4 is 5.32 Å². The lowest BCUT2D eigenvalue weighted by molar-refractivity contribution is 1.15. The predicted octanol–water partition coefficient (Wildman–Crippen LogP) is 1.93. The van der Waals surface area contributed by atoms with Crippen LogP contribution in [0.2, 0.25) is 5.15 Å². The van der Waals surface area contributed by atoms with Gasteiger partial charge < -0.3 is 5.32 Å². The SMILES string of the molecule is CNc1ncc(Cl)nc1Br. The van der Waals surface area contributed by atoms with Crippen LogP contribution in [0, 0.1) is 0 Å². The second-order valence-electron chi connectivity index (χ2n) is 1.58. The Morgan fingerprint density at radius 2 is 2.40 bits per heavy atom. The van der Waals surface area contributed by atoms with Crippen LogP contribution in [-0.4, -0.2) is 17.0 Å². The van der Waals surface area contributed by atoms with E-state index in [2.05, 4.69) is 31.2 Å². The average molecular weight is 222 g/mol. The Morgan fingerprint density at radius 3 is 2.90 bits per heavy atom. The van der Waals surface area contributed by atoms with Crippen molar-refractivity contribution in [2.45, 2.75) is 0 Å². The maximum absolute atomic E-state index is 5.54. The molecule has 0 saturated heterocycles. The zero-order valence-corrected chi connectivity index (χ0v) is 7.57. The van der Waals surface area contributed by atoms with Crippen LogP contribution in [0.5, 0.6) is 0 Å². The van der Waals surface area contributed by atoms with Gasteiger partial charge in [-0.2, -0.15) is 0 Å². The Morgan fingerprint density at radius 1 is 1.70 bits per heavy atom. The third kappa shape index (κ3) is 1.58. The maximum Gasteiger partial charge on any atom is 0.159 e. The van der Waals surface area contributed by atoms with E-state index in [1.54, 1.807) is 7.05 Å². The van der Waals surface area contributed by atoms with Crippen molar-refractivity contribution in [2.24, 2.45) is 0 Å². The van der Waals surface area contributed by atoms with Gasteiger partial charge in [0.2, 0.25) is 0 Å². The molecule has 0 radical (unpaired) electrons. The molecule has 0 aliphatic heterocycles. The van der Waals surface area contributed by atoms with Gasteiger partial charge in [-0.1, -0.05) is 11.6 Å². The summed E-state index contributed by atoms with van der Waals surface area (Å²) in [5, 5.41) is 3.22. The van der Waals surface area contributed by atoms with Gasteiger partial charge in [-0.05, 0) is 15.9 Å². The van der Waals surface area contributed by atoms with Crippen molar-refractivity contribution >= 4 is 33.3 Å². The van der Waals surface area contributed by atoms with Crippen LogP contribution in [0.4, 0.5) is 5.82 Å². The molecule has 3 nitrogen and oxygen atoms in total. The number of rotatable bonds is 1. The highest BCUT2D eigenvalue weighted by Gasteiger charge is 1.99. The highest BCUT2D eigenvalue weighted by molar-refractivity contribution is 9.10. The zero-order chi connectivity index (χ0) is 7.56. The zero-order valence-electron chi connectivity index (χ0n) is 5.23. The standard InChI is InChI=1S/C5H5BrClN3/c1-8-5-4(6)10-3(7)2-9-5/h2H,1H3,(H,8,9). The first kappa shape index (κ1) is 7.75. The molecular weight excluding hydrogens is 217 g/mol. The number of hydrogen-bond acceptors (Lipinski definition) is 3. The van der Waals surface area contributed by atoms with E-state index in [9.17, 15) is 0 Å². The second kappa shape index (κ2) is 3.16. The fourth-order valence-electron chi connectivity index (χ4n) is 0.514. The van der Waals surface area contributed by atoms with E-state index in [1.807, 2.05) is 0 Å². The summed E-state index contributed by atoms with van der Waals surface area (Å²) >= 11 is 8.73. The summed E-state index contributed by atoms with van der Waals surface area (Å²) in [6, 6.07) is 0. The fourth-order valence-corrected chi connectivity index (χ4v) is 1.24. The van der Waals surface area contributed by atoms with Gasteiger partial charge in [0.25, 0.3) is 0 Å². The normalized spacial score (nSPS) is 9.50. The topological polar surface area (TPSA) is 37.8 Å². The molecule has 0 unspecified atom stereocenters. The molecule has 1 heterocycles. The molecular formula is C5H5BrClN3. The molecule has 5 heteroatoms. The minimum atomic E-state index is 0.380. The van der Waals surface area contributed by atoms with Gasteiger partial charge in [-0.15, -0.1) is 0 Å². The largest absolute Gasteiger partial charge is 0.371 e. The summed E-state index contributed by atoms with van der Waals surface area (Å²) in [7, 11) is 1.77. The summed E-state index contributed by atoms with van der Waals surface area (Å²) < 4.78 is 0.627. The molecule has 0 fully saturated rings. The maximum atomic E-state index is 5.54. The molecule has 0 aliphatic carbocycles. The molecule has 0 aliphatic rings. The molecule has 1 N–H and O–H groups in total. The molecule has 10 heavy (non-hydrogen) atoms. The van der Waals surface area contributed by atoms with Crippen LogP contribution >= 0.6 is 27.5 Å². The van der Waals surface area contributed by atoms with Gasteiger partial charge in [-0.25, -0.2) is 9.97 Å². The van der Waals surface area contributed by atoms with E-state index < -0.39 is 0 Å². The number of aromatic nitrogens is 2. The number of halogens is 2. The van der Waals surface area contributed by atoms with Crippen molar-refractivity contribution in [3.8, 4) is 0 Å². The lowest BCUT2D eigenvalue weighted by atomic mass is 10.7. The van der Waals surface area contributed by atoms with Gasteiger partial charge >= 0.3 is 0 Å². The molecule has 0 amide bonds. The molecule has 1 aromatic heterocycles. The molecule has 0 saturated carbocycles. The van der Waals surface area contributed by atoms with E-state index in [-0.39, 0.29) is 0 Å². The first-order valence-corrected chi connectivity index (χ1v) is 3.77. The lowest BCUT2D eigenvalue weighted by Gasteiger charge is -1.99. The van der Waals surface area contributed by atoms with Crippen molar-refractivity contribution in [3.63, 3.8) is 0 Å². The van der Waals surface area contributed by atoms with Crippen LogP contribution in [0.3, 0.4) is 0 Å². The van der Waals surface area contributed by atoms with Crippen molar-refractivity contribution in [1.82, 2.24) is 9.97 Å². The first-order chi connectivity index (χ1) is 4.74. The smallest absolute Gasteiger partial charge is 0.159 e. The predicted molar refractivity (Wildman–Crippen MR) is 44.3 cm³/mol. The van der Waals surface area contributed by atoms with E-state index >= 15 is 0 Å². The number of hydrogen-bond donors (Lipinski definition) is 1.